The van der Waals surface area contributed by atoms with E-state index in [1.807, 2.05) is 31.4 Å². The summed E-state index contributed by atoms with van der Waals surface area (Å²) < 4.78 is 31.6. The minimum Gasteiger partial charge on any atom is -0.419 e. The fourth-order valence-electron chi connectivity index (χ4n) is 1.66. The van der Waals surface area contributed by atoms with Crippen molar-refractivity contribution in [2.45, 2.75) is 37.5 Å². The summed E-state index contributed by atoms with van der Waals surface area (Å²) in [6.45, 7) is 1.11. The van der Waals surface area contributed by atoms with Crippen LogP contribution in [0.4, 0.5) is 0 Å². The van der Waals surface area contributed by atoms with Crippen LogP contribution in [0.3, 0.4) is 0 Å². The van der Waals surface area contributed by atoms with Crippen LogP contribution in [0.2, 0.25) is 12.1 Å². The van der Waals surface area contributed by atoms with Crippen molar-refractivity contribution in [3.63, 3.8) is 0 Å². The molecule has 0 aliphatic heterocycles. The summed E-state index contributed by atoms with van der Waals surface area (Å²) in [6.07, 6.45) is 2.03. The van der Waals surface area contributed by atoms with Crippen LogP contribution in [0.25, 0.3) is 0 Å². The zero-order valence-corrected chi connectivity index (χ0v) is 21.2. The third kappa shape index (κ3) is 18.4. The molecule has 0 saturated carbocycles. The van der Waals surface area contributed by atoms with Crippen molar-refractivity contribution in [1.29, 1.82) is 0 Å². The van der Waals surface area contributed by atoms with Gasteiger partial charge in [0.05, 0.1) is 13.2 Å². The average Bonchev–Trinajstić information content (AvgIpc) is 2.64. The van der Waals surface area contributed by atoms with Crippen molar-refractivity contribution in [1.82, 2.24) is 0 Å². The van der Waals surface area contributed by atoms with Gasteiger partial charge in [-0.25, -0.2) is 0 Å². The molecule has 0 atom stereocenters. The van der Waals surface area contributed by atoms with Crippen LogP contribution in [0.5, 0.6) is 0 Å². The van der Waals surface area contributed by atoms with Crippen LogP contribution in [-0.2, 0) is 27.8 Å². The molecule has 152 valence electrons. The summed E-state index contributed by atoms with van der Waals surface area (Å²) in [5.41, 5.74) is 0. The summed E-state index contributed by atoms with van der Waals surface area (Å²) in [5.74, 6) is 2.39. The fourth-order valence-corrected chi connectivity index (χ4v) is 8.42. The third-order valence-corrected chi connectivity index (χ3v) is 10.2. The van der Waals surface area contributed by atoms with E-state index in [1.165, 1.54) is 36.4 Å². The van der Waals surface area contributed by atoms with E-state index in [1.54, 1.807) is 28.4 Å². The molecule has 25 heavy (non-hydrogen) atoms. The van der Waals surface area contributed by atoms with Crippen LogP contribution in [0, 0.1) is 0 Å². The van der Waals surface area contributed by atoms with Gasteiger partial charge in [-0.15, -0.1) is 0 Å². The second-order valence-electron chi connectivity index (χ2n) is 5.08. The first-order chi connectivity index (χ1) is 12.3. The van der Waals surface area contributed by atoms with Crippen LogP contribution in [-0.4, -0.2) is 85.3 Å². The Labute approximate surface area is 169 Å². The Balaban J connectivity index is 3.12. The van der Waals surface area contributed by atoms with Gasteiger partial charge in [-0.05, 0) is 34.8 Å². The molecule has 0 aromatic rings. The van der Waals surface area contributed by atoms with Crippen LogP contribution in [0.15, 0.2) is 0 Å². The second kappa shape index (κ2) is 21.5. The Morgan fingerprint density at radius 2 is 1.08 bits per heavy atom. The third-order valence-electron chi connectivity index (χ3n) is 3.19. The highest BCUT2D eigenvalue weighted by Gasteiger charge is 2.05. The topological polar surface area (TPSA) is 55.4 Å². The molecule has 0 aliphatic carbocycles. The maximum atomic E-state index is 5.64. The summed E-state index contributed by atoms with van der Waals surface area (Å²) in [6, 6.07) is 2.43. The van der Waals surface area contributed by atoms with E-state index in [-0.39, 0.29) is 12.6 Å². The molecule has 0 spiro atoms. The molecule has 11 heteroatoms. The molecule has 0 amide bonds. The SMILES string of the molecule is COC(CO[SiH2]CCCSSSCCC[SiH2]OCC(OC)OC)OC. The molecule has 0 N–H and O–H groups in total. The highest BCUT2D eigenvalue weighted by molar-refractivity contribution is 9.09. The minimum atomic E-state index is -0.432. The molecular weight excluding hydrogens is 417 g/mol. The molecule has 6 nitrogen and oxygen atoms in total. The molecule has 0 fully saturated rings. The van der Waals surface area contributed by atoms with Crippen LogP contribution in [0.1, 0.15) is 12.8 Å². The highest BCUT2D eigenvalue weighted by Crippen LogP contribution is 2.35. The molecule has 0 saturated heterocycles. The lowest BCUT2D eigenvalue weighted by atomic mass is 10.6. The Morgan fingerprint density at radius 1 is 0.680 bits per heavy atom. The smallest absolute Gasteiger partial charge is 0.178 e. The number of ether oxygens (including phenoxy) is 4. The number of methoxy groups -OCH3 is 4. The average molecular weight is 451 g/mol. The van der Waals surface area contributed by atoms with E-state index < -0.39 is 19.5 Å². The van der Waals surface area contributed by atoms with Gasteiger partial charge >= 0.3 is 0 Å². The quantitative estimate of drug-likeness (QED) is 0.120. The van der Waals surface area contributed by atoms with Crippen molar-refractivity contribution in [3.8, 4) is 0 Å². The van der Waals surface area contributed by atoms with E-state index >= 15 is 0 Å². The van der Waals surface area contributed by atoms with E-state index in [0.717, 1.165) is 0 Å². The minimum absolute atomic E-state index is 0.219. The van der Waals surface area contributed by atoms with Crippen molar-refractivity contribution < 1.29 is 27.8 Å². The highest BCUT2D eigenvalue weighted by atomic mass is 33.5. The second-order valence-corrected chi connectivity index (χ2v) is 12.6. The van der Waals surface area contributed by atoms with Crippen molar-refractivity contribution in [2.75, 3.05) is 53.2 Å². The molecule has 0 radical (unpaired) electrons. The largest absolute Gasteiger partial charge is 0.419 e. The monoisotopic (exact) mass is 450 g/mol. The first kappa shape index (κ1) is 26.2. The summed E-state index contributed by atoms with van der Waals surface area (Å²) in [5, 5.41) is 0. The van der Waals surface area contributed by atoms with Crippen molar-refractivity contribution in [3.05, 3.63) is 0 Å². The van der Waals surface area contributed by atoms with E-state index in [9.17, 15) is 0 Å². The molecule has 0 heterocycles. The molecular formula is C14H34O6S3Si2. The molecule has 0 aromatic carbocycles. The van der Waals surface area contributed by atoms with Gasteiger partial charge in [0.1, 0.15) is 0 Å². The first-order valence-electron chi connectivity index (χ1n) is 8.46. The molecule has 0 unspecified atom stereocenters. The standard InChI is InChI=1S/C14H34O6S3Si2/c1-15-13(16-2)11-19-24-9-5-7-21-23-22-8-6-10-25-20-12-14(17-3)18-4/h13-14H,5-12,24-25H2,1-4H3. The van der Waals surface area contributed by atoms with E-state index in [0.29, 0.717) is 13.2 Å². The zero-order chi connectivity index (χ0) is 18.6. The van der Waals surface area contributed by atoms with Crippen LogP contribution >= 0.6 is 31.4 Å². The predicted molar refractivity (Wildman–Crippen MR) is 116 cm³/mol. The maximum Gasteiger partial charge on any atom is 0.178 e. The Morgan fingerprint density at radius 3 is 1.44 bits per heavy atom. The summed E-state index contributed by atoms with van der Waals surface area (Å²) >= 11 is 0. The van der Waals surface area contributed by atoms with Gasteiger partial charge in [-0.3, -0.25) is 0 Å². The molecule has 0 bridgehead atoms. The van der Waals surface area contributed by atoms with Gasteiger partial charge in [0.2, 0.25) is 0 Å². The summed E-state index contributed by atoms with van der Waals surface area (Å²) in [4.78, 5) is 0. The molecule has 0 aliphatic rings. The summed E-state index contributed by atoms with van der Waals surface area (Å²) in [7, 11) is 11.5. The Hall–Kier alpha value is 1.24. The van der Waals surface area contributed by atoms with Gasteiger partial charge in [-0.2, -0.15) is 0 Å². The lowest BCUT2D eigenvalue weighted by molar-refractivity contribution is -0.122. The predicted octanol–water partition coefficient (Wildman–Crippen LogP) is 2.07. The van der Waals surface area contributed by atoms with Crippen molar-refractivity contribution in [2.24, 2.45) is 0 Å². The number of hydrogen-bond donors (Lipinski definition) is 0. The lowest BCUT2D eigenvalue weighted by Gasteiger charge is -2.13. The van der Waals surface area contributed by atoms with Gasteiger partial charge in [0.15, 0.2) is 32.1 Å². The number of rotatable bonds is 20. The molecule has 0 rings (SSSR count). The molecule has 0 aromatic heterocycles. The zero-order valence-electron chi connectivity index (χ0n) is 15.9. The van der Waals surface area contributed by atoms with E-state index in [2.05, 4.69) is 0 Å². The van der Waals surface area contributed by atoms with Gasteiger partial charge in [-0.1, -0.05) is 21.6 Å². The fraction of sp³-hybridized carbons (Fsp3) is 1.00. The lowest BCUT2D eigenvalue weighted by Crippen LogP contribution is -2.21. The van der Waals surface area contributed by atoms with Gasteiger partial charge in [0, 0.05) is 39.9 Å². The van der Waals surface area contributed by atoms with E-state index in [4.69, 9.17) is 27.8 Å². The maximum absolute atomic E-state index is 5.64. The Kier molecular flexibility index (Phi) is 22.6. The first-order valence-corrected chi connectivity index (χ1v) is 15.4. The van der Waals surface area contributed by atoms with Crippen molar-refractivity contribution >= 4 is 50.9 Å². The van der Waals surface area contributed by atoms with Gasteiger partial charge < -0.3 is 27.8 Å². The number of hydrogen-bond acceptors (Lipinski definition) is 9. The normalized spacial score (nSPS) is 12.7. The Bertz CT molecular complexity index is 241. The van der Waals surface area contributed by atoms with Crippen LogP contribution < -0.4 is 0 Å². The van der Waals surface area contributed by atoms with Gasteiger partial charge in [0.25, 0.3) is 0 Å².